The Bertz CT molecular complexity index is 400. The molecule has 1 heterocycles. The number of aliphatic hydroxyl groups is 1. The van der Waals surface area contributed by atoms with Gasteiger partial charge in [-0.15, -0.1) is 0 Å². The van der Waals surface area contributed by atoms with Crippen molar-refractivity contribution in [1.82, 2.24) is 4.90 Å². The molecule has 1 aliphatic heterocycles. The molecule has 4 heteroatoms. The number of ether oxygens (including phenoxy) is 2. The van der Waals surface area contributed by atoms with E-state index >= 15 is 0 Å². The maximum absolute atomic E-state index is 9.08. The van der Waals surface area contributed by atoms with Gasteiger partial charge in [0, 0.05) is 25.2 Å². The number of methoxy groups -OCH3 is 2. The molecule has 19 heavy (non-hydrogen) atoms. The number of hydrogen-bond acceptors (Lipinski definition) is 4. The normalized spacial score (nSPS) is 23.6. The lowest BCUT2D eigenvalue weighted by molar-refractivity contribution is 0.191. The molecule has 1 N–H and O–H groups in total. The summed E-state index contributed by atoms with van der Waals surface area (Å²) in [6.07, 6.45) is 1.11. The third-order valence-electron chi connectivity index (χ3n) is 3.94. The first-order valence-electron chi connectivity index (χ1n) is 6.75. The summed E-state index contributed by atoms with van der Waals surface area (Å²) in [6, 6.07) is 6.58. The maximum atomic E-state index is 9.08. The van der Waals surface area contributed by atoms with Gasteiger partial charge in [0.2, 0.25) is 0 Å². The van der Waals surface area contributed by atoms with Crippen molar-refractivity contribution in [2.45, 2.75) is 25.3 Å². The minimum absolute atomic E-state index is 0.221. The first-order chi connectivity index (χ1) is 9.17. The van der Waals surface area contributed by atoms with Crippen LogP contribution >= 0.6 is 0 Å². The fraction of sp³-hybridized carbons (Fsp3) is 0.600. The Morgan fingerprint density at radius 3 is 2.37 bits per heavy atom. The van der Waals surface area contributed by atoms with Crippen LogP contribution in [0.15, 0.2) is 18.2 Å². The zero-order valence-electron chi connectivity index (χ0n) is 11.9. The van der Waals surface area contributed by atoms with Crippen LogP contribution in [-0.4, -0.2) is 50.0 Å². The van der Waals surface area contributed by atoms with Crippen molar-refractivity contribution in [3.8, 4) is 11.5 Å². The van der Waals surface area contributed by atoms with Gasteiger partial charge in [0.15, 0.2) is 0 Å². The summed E-state index contributed by atoms with van der Waals surface area (Å²) in [7, 11) is 3.35. The van der Waals surface area contributed by atoms with Gasteiger partial charge in [-0.3, -0.25) is 4.90 Å². The highest BCUT2D eigenvalue weighted by Gasteiger charge is 2.29. The molecule has 1 aromatic carbocycles. The fourth-order valence-corrected chi connectivity index (χ4v) is 2.85. The lowest BCUT2D eigenvalue weighted by atomic mass is 9.96. The van der Waals surface area contributed by atoms with Crippen LogP contribution in [0.3, 0.4) is 0 Å². The molecule has 1 aromatic rings. The number of aliphatic hydroxyl groups excluding tert-OH is 1. The van der Waals surface area contributed by atoms with Crippen molar-refractivity contribution in [2.75, 3.05) is 33.9 Å². The number of rotatable bonds is 5. The van der Waals surface area contributed by atoms with E-state index in [0.29, 0.717) is 12.0 Å². The molecule has 1 aliphatic rings. The first kappa shape index (κ1) is 14.2. The van der Waals surface area contributed by atoms with Gasteiger partial charge >= 0.3 is 0 Å². The SMILES string of the molecule is COc1cc(OC)cc(C2CC(C)N(CCO)C2)c1. The lowest BCUT2D eigenvalue weighted by Crippen LogP contribution is -2.29. The van der Waals surface area contributed by atoms with Crippen molar-refractivity contribution in [3.05, 3.63) is 23.8 Å². The molecule has 2 rings (SSSR count). The van der Waals surface area contributed by atoms with Crippen LogP contribution in [0.25, 0.3) is 0 Å². The minimum Gasteiger partial charge on any atom is -0.497 e. The number of nitrogens with zero attached hydrogens (tertiary/aromatic N) is 1. The Kier molecular flexibility index (Phi) is 4.66. The largest absolute Gasteiger partial charge is 0.497 e. The van der Waals surface area contributed by atoms with Crippen LogP contribution < -0.4 is 9.47 Å². The van der Waals surface area contributed by atoms with E-state index in [9.17, 15) is 0 Å². The molecular weight excluding hydrogens is 242 g/mol. The lowest BCUT2D eigenvalue weighted by Gasteiger charge is -2.19. The summed E-state index contributed by atoms with van der Waals surface area (Å²) in [5, 5.41) is 9.08. The highest BCUT2D eigenvalue weighted by atomic mass is 16.5. The van der Waals surface area contributed by atoms with Crippen molar-refractivity contribution in [2.24, 2.45) is 0 Å². The highest BCUT2D eigenvalue weighted by Crippen LogP contribution is 2.35. The van der Waals surface area contributed by atoms with Crippen LogP contribution in [-0.2, 0) is 0 Å². The second-order valence-electron chi connectivity index (χ2n) is 5.15. The number of β-amino-alcohol motifs (C(OH)–C–C–N with tert-alkyl or cyclic N) is 1. The second kappa shape index (κ2) is 6.26. The summed E-state index contributed by atoms with van der Waals surface area (Å²) in [6.45, 7) is 4.17. The number of likely N-dealkylation sites (tertiary alicyclic amines) is 1. The average Bonchev–Trinajstić information content (AvgIpc) is 2.80. The van der Waals surface area contributed by atoms with Crippen molar-refractivity contribution < 1.29 is 14.6 Å². The van der Waals surface area contributed by atoms with Crippen molar-refractivity contribution in [1.29, 1.82) is 0 Å². The van der Waals surface area contributed by atoms with Crippen molar-refractivity contribution in [3.63, 3.8) is 0 Å². The Balaban J connectivity index is 2.18. The predicted octanol–water partition coefficient (Wildman–Crippen LogP) is 1.87. The van der Waals surface area contributed by atoms with Gasteiger partial charge in [-0.2, -0.15) is 0 Å². The zero-order valence-corrected chi connectivity index (χ0v) is 11.9. The van der Waals surface area contributed by atoms with Gasteiger partial charge < -0.3 is 14.6 Å². The number of benzene rings is 1. The molecule has 1 saturated heterocycles. The van der Waals surface area contributed by atoms with Gasteiger partial charge in [-0.05, 0) is 37.0 Å². The van der Waals surface area contributed by atoms with Gasteiger partial charge in [0.25, 0.3) is 0 Å². The summed E-state index contributed by atoms with van der Waals surface area (Å²) in [4.78, 5) is 2.33. The zero-order chi connectivity index (χ0) is 13.8. The molecule has 0 saturated carbocycles. The van der Waals surface area contributed by atoms with E-state index in [4.69, 9.17) is 14.6 Å². The molecule has 0 aromatic heterocycles. The summed E-state index contributed by atoms with van der Waals surface area (Å²) >= 11 is 0. The van der Waals surface area contributed by atoms with Gasteiger partial charge in [-0.1, -0.05) is 0 Å². The second-order valence-corrected chi connectivity index (χ2v) is 5.15. The molecular formula is C15H23NO3. The smallest absolute Gasteiger partial charge is 0.122 e. The summed E-state index contributed by atoms with van der Waals surface area (Å²) < 4.78 is 10.6. The standard InChI is InChI=1S/C15H23NO3/c1-11-6-13(10-16(11)4-5-17)12-7-14(18-2)9-15(8-12)19-3/h7-9,11,13,17H,4-6,10H2,1-3H3. The molecule has 0 bridgehead atoms. The molecule has 0 aliphatic carbocycles. The van der Waals surface area contributed by atoms with Crippen LogP contribution in [0.2, 0.25) is 0 Å². The van der Waals surface area contributed by atoms with E-state index < -0.39 is 0 Å². The summed E-state index contributed by atoms with van der Waals surface area (Å²) in [5.41, 5.74) is 1.25. The van der Waals surface area contributed by atoms with E-state index in [1.54, 1.807) is 14.2 Å². The monoisotopic (exact) mass is 265 g/mol. The Labute approximate surface area is 114 Å². The van der Waals surface area contributed by atoms with Gasteiger partial charge in [-0.25, -0.2) is 0 Å². The molecule has 106 valence electrons. The van der Waals surface area contributed by atoms with Crippen LogP contribution in [0, 0.1) is 0 Å². The average molecular weight is 265 g/mol. The van der Waals surface area contributed by atoms with E-state index in [0.717, 1.165) is 31.0 Å². The van der Waals surface area contributed by atoms with Crippen molar-refractivity contribution >= 4 is 0 Å². The van der Waals surface area contributed by atoms with Gasteiger partial charge in [0.1, 0.15) is 11.5 Å². The molecule has 2 unspecified atom stereocenters. The fourth-order valence-electron chi connectivity index (χ4n) is 2.85. The molecule has 4 nitrogen and oxygen atoms in total. The van der Waals surface area contributed by atoms with Crippen LogP contribution in [0.4, 0.5) is 0 Å². The maximum Gasteiger partial charge on any atom is 0.122 e. The molecule has 0 amide bonds. The topological polar surface area (TPSA) is 41.9 Å². The van der Waals surface area contributed by atoms with E-state index in [1.165, 1.54) is 5.56 Å². The van der Waals surface area contributed by atoms with Crippen LogP contribution in [0.5, 0.6) is 11.5 Å². The Morgan fingerprint density at radius 1 is 1.21 bits per heavy atom. The van der Waals surface area contributed by atoms with E-state index in [-0.39, 0.29) is 6.61 Å². The third kappa shape index (κ3) is 3.19. The van der Waals surface area contributed by atoms with Crippen LogP contribution in [0.1, 0.15) is 24.8 Å². The van der Waals surface area contributed by atoms with E-state index in [2.05, 4.69) is 24.0 Å². The third-order valence-corrected chi connectivity index (χ3v) is 3.94. The number of hydrogen-bond donors (Lipinski definition) is 1. The highest BCUT2D eigenvalue weighted by molar-refractivity contribution is 5.40. The molecule has 0 spiro atoms. The summed E-state index contributed by atoms with van der Waals surface area (Å²) in [5.74, 6) is 2.15. The Hall–Kier alpha value is -1.26. The molecule has 0 radical (unpaired) electrons. The predicted molar refractivity (Wildman–Crippen MR) is 75.0 cm³/mol. The van der Waals surface area contributed by atoms with Gasteiger partial charge in [0.05, 0.1) is 20.8 Å². The minimum atomic E-state index is 0.221. The quantitative estimate of drug-likeness (QED) is 0.882. The Morgan fingerprint density at radius 2 is 1.84 bits per heavy atom. The van der Waals surface area contributed by atoms with E-state index in [1.807, 2.05) is 6.07 Å². The first-order valence-corrected chi connectivity index (χ1v) is 6.75. The molecule has 2 atom stereocenters. The molecule has 1 fully saturated rings.